The Kier molecular flexibility index (Phi) is 4.31. The van der Waals surface area contributed by atoms with Crippen LogP contribution in [0.1, 0.15) is 18.3 Å². The first-order valence-corrected chi connectivity index (χ1v) is 8.20. The minimum atomic E-state index is -4.49. The number of piperazine rings is 1. The second kappa shape index (κ2) is 5.50. The number of aromatic nitrogens is 2. The summed E-state index contributed by atoms with van der Waals surface area (Å²) in [5.41, 5.74) is 0.584. The predicted octanol–water partition coefficient (Wildman–Crippen LogP) is 1.28. The summed E-state index contributed by atoms with van der Waals surface area (Å²) in [5.74, 6) is 0. The van der Waals surface area contributed by atoms with Gasteiger partial charge in [0.05, 0.1) is 11.4 Å². The largest absolute Gasteiger partial charge is 0.405 e. The highest BCUT2D eigenvalue weighted by Gasteiger charge is 2.49. The topological polar surface area (TPSA) is 69.3 Å². The van der Waals surface area contributed by atoms with E-state index in [1.54, 1.807) is 6.92 Å². The molecule has 1 aromatic heterocycles. The molecule has 10 heteroatoms. The fourth-order valence-corrected chi connectivity index (χ4v) is 4.57. The van der Waals surface area contributed by atoms with Crippen molar-refractivity contribution in [1.82, 2.24) is 19.4 Å². The van der Waals surface area contributed by atoms with Crippen LogP contribution in [-0.4, -0.2) is 66.2 Å². The van der Waals surface area contributed by atoms with E-state index < -0.39 is 34.8 Å². The van der Waals surface area contributed by atoms with Gasteiger partial charge in [0, 0.05) is 19.1 Å². The summed E-state index contributed by atoms with van der Waals surface area (Å²) in [5, 5.41) is 6.37. The molecule has 2 rings (SSSR count). The van der Waals surface area contributed by atoms with Gasteiger partial charge in [0.2, 0.25) is 10.0 Å². The van der Waals surface area contributed by atoms with Gasteiger partial charge in [-0.2, -0.15) is 22.6 Å². The van der Waals surface area contributed by atoms with E-state index in [-0.39, 0.29) is 17.1 Å². The molecule has 0 radical (unpaired) electrons. The van der Waals surface area contributed by atoms with E-state index in [9.17, 15) is 21.6 Å². The number of hydrogen-bond acceptors (Lipinski definition) is 4. The van der Waals surface area contributed by atoms with Crippen molar-refractivity contribution >= 4 is 10.0 Å². The van der Waals surface area contributed by atoms with Crippen molar-refractivity contribution in [2.45, 2.75) is 43.9 Å². The van der Waals surface area contributed by atoms with Gasteiger partial charge in [0.15, 0.2) is 0 Å². The maximum absolute atomic E-state index is 13.1. The third-order valence-electron chi connectivity index (χ3n) is 4.07. The first kappa shape index (κ1) is 17.2. The number of sulfonamides is 1. The van der Waals surface area contributed by atoms with Gasteiger partial charge in [-0.15, -0.1) is 0 Å². The molecule has 6 nitrogen and oxygen atoms in total. The predicted molar refractivity (Wildman–Crippen MR) is 73.9 cm³/mol. The lowest BCUT2D eigenvalue weighted by molar-refractivity contribution is -0.194. The van der Waals surface area contributed by atoms with Gasteiger partial charge >= 0.3 is 6.18 Å². The lowest BCUT2D eigenvalue weighted by atomic mass is 10.1. The Morgan fingerprint density at radius 2 is 1.86 bits per heavy atom. The Morgan fingerprint density at radius 1 is 1.27 bits per heavy atom. The zero-order valence-electron chi connectivity index (χ0n) is 12.8. The highest BCUT2D eigenvalue weighted by molar-refractivity contribution is 7.89. The Labute approximate surface area is 127 Å². The molecular formula is C12H19F3N4O2S. The van der Waals surface area contributed by atoms with Crippen LogP contribution in [0.5, 0.6) is 0 Å². The number of aromatic amines is 1. The molecule has 2 atom stereocenters. The third-order valence-corrected chi connectivity index (χ3v) is 6.16. The number of rotatable bonds is 2. The number of nitrogens with one attached hydrogen (secondary N) is 1. The summed E-state index contributed by atoms with van der Waals surface area (Å²) in [6.45, 7) is 4.02. The first-order valence-electron chi connectivity index (χ1n) is 6.76. The number of halogens is 3. The van der Waals surface area contributed by atoms with Crippen LogP contribution in [-0.2, 0) is 10.0 Å². The number of hydrogen-bond donors (Lipinski definition) is 1. The summed E-state index contributed by atoms with van der Waals surface area (Å²) >= 11 is 0. The van der Waals surface area contributed by atoms with Gasteiger partial charge in [-0.1, -0.05) is 0 Å². The van der Waals surface area contributed by atoms with Crippen LogP contribution in [0.4, 0.5) is 13.2 Å². The number of likely N-dealkylation sites (N-methyl/N-ethyl adjacent to an activating group) is 1. The van der Waals surface area contributed by atoms with Crippen molar-refractivity contribution in [3.05, 3.63) is 11.4 Å². The van der Waals surface area contributed by atoms with Crippen LogP contribution in [0, 0.1) is 13.8 Å². The number of H-pyrrole nitrogens is 1. The molecule has 0 spiro atoms. The van der Waals surface area contributed by atoms with E-state index in [0.29, 0.717) is 5.69 Å². The normalized spacial score (nSPS) is 25.6. The molecule has 0 bridgehead atoms. The Balaban J connectivity index is 2.40. The first-order chi connectivity index (χ1) is 9.96. The molecule has 0 aromatic carbocycles. The van der Waals surface area contributed by atoms with Gasteiger partial charge < -0.3 is 0 Å². The molecule has 0 aliphatic carbocycles. The van der Waals surface area contributed by atoms with E-state index in [1.807, 2.05) is 0 Å². The fourth-order valence-electron chi connectivity index (χ4n) is 2.71. The highest BCUT2D eigenvalue weighted by Crippen LogP contribution is 2.32. The number of aryl methyl sites for hydroxylation is 2. The van der Waals surface area contributed by atoms with E-state index in [1.165, 1.54) is 25.8 Å². The van der Waals surface area contributed by atoms with Crippen molar-refractivity contribution in [3.8, 4) is 0 Å². The molecule has 22 heavy (non-hydrogen) atoms. The zero-order chi connectivity index (χ0) is 16.9. The summed E-state index contributed by atoms with van der Waals surface area (Å²) in [6.07, 6.45) is -4.49. The molecule has 126 valence electrons. The SMILES string of the molecule is Cc1n[nH]c(C)c1S(=O)(=O)N1CC(C)N(C)C(C(F)(F)F)C1. The van der Waals surface area contributed by atoms with Gasteiger partial charge in [0.25, 0.3) is 0 Å². The van der Waals surface area contributed by atoms with Crippen molar-refractivity contribution in [2.75, 3.05) is 20.1 Å². The van der Waals surface area contributed by atoms with Gasteiger partial charge in [0.1, 0.15) is 10.9 Å². The van der Waals surface area contributed by atoms with Gasteiger partial charge in [-0.05, 0) is 27.8 Å². The number of alkyl halides is 3. The molecule has 1 fully saturated rings. The minimum absolute atomic E-state index is 0.00940. The molecule has 2 unspecified atom stereocenters. The monoisotopic (exact) mass is 340 g/mol. The Morgan fingerprint density at radius 3 is 2.32 bits per heavy atom. The van der Waals surface area contributed by atoms with Gasteiger partial charge in [-0.3, -0.25) is 10.00 Å². The minimum Gasteiger partial charge on any atom is -0.290 e. The van der Waals surface area contributed by atoms with Crippen molar-refractivity contribution in [3.63, 3.8) is 0 Å². The number of nitrogens with zero attached hydrogens (tertiary/aromatic N) is 3. The molecule has 1 saturated heterocycles. The Bertz CT molecular complexity index is 636. The molecule has 1 aromatic rings. The summed E-state index contributed by atoms with van der Waals surface area (Å²) in [6, 6.07) is -2.36. The smallest absolute Gasteiger partial charge is 0.290 e. The van der Waals surface area contributed by atoms with Crippen LogP contribution in [0.15, 0.2) is 4.90 Å². The molecular weight excluding hydrogens is 321 g/mol. The van der Waals surface area contributed by atoms with E-state index >= 15 is 0 Å². The second-order valence-electron chi connectivity index (χ2n) is 5.66. The molecule has 2 heterocycles. The summed E-state index contributed by atoms with van der Waals surface area (Å²) in [4.78, 5) is 1.13. The fraction of sp³-hybridized carbons (Fsp3) is 0.750. The van der Waals surface area contributed by atoms with Crippen LogP contribution in [0.25, 0.3) is 0 Å². The van der Waals surface area contributed by atoms with Crippen molar-refractivity contribution < 1.29 is 21.6 Å². The quantitative estimate of drug-likeness (QED) is 0.881. The lowest BCUT2D eigenvalue weighted by Crippen LogP contribution is -2.62. The third kappa shape index (κ3) is 2.86. The van der Waals surface area contributed by atoms with Crippen LogP contribution in [0.3, 0.4) is 0 Å². The second-order valence-corrected chi connectivity index (χ2v) is 7.53. The van der Waals surface area contributed by atoms with E-state index in [2.05, 4.69) is 10.2 Å². The molecule has 1 aliphatic rings. The van der Waals surface area contributed by atoms with Crippen molar-refractivity contribution in [1.29, 1.82) is 0 Å². The maximum Gasteiger partial charge on any atom is 0.405 e. The molecule has 1 aliphatic heterocycles. The molecule has 0 amide bonds. The van der Waals surface area contributed by atoms with Crippen LogP contribution >= 0.6 is 0 Å². The van der Waals surface area contributed by atoms with E-state index in [4.69, 9.17) is 0 Å². The highest BCUT2D eigenvalue weighted by atomic mass is 32.2. The van der Waals surface area contributed by atoms with Crippen LogP contribution in [0.2, 0.25) is 0 Å². The zero-order valence-corrected chi connectivity index (χ0v) is 13.6. The average molecular weight is 340 g/mol. The Hall–Kier alpha value is -1.13. The van der Waals surface area contributed by atoms with Gasteiger partial charge in [-0.25, -0.2) is 8.42 Å². The maximum atomic E-state index is 13.1. The van der Waals surface area contributed by atoms with Crippen LogP contribution < -0.4 is 0 Å². The molecule has 0 saturated carbocycles. The summed E-state index contributed by atoms with van der Waals surface area (Å²) in [7, 11) is -2.65. The standard InChI is InChI=1S/C12H19F3N4O2S/c1-7-5-19(6-10(18(7)4)12(13,14)15)22(20,21)11-8(2)16-17-9(11)3/h7,10H,5-6H2,1-4H3,(H,16,17). The average Bonchev–Trinajstić information content (AvgIpc) is 2.71. The van der Waals surface area contributed by atoms with Crippen molar-refractivity contribution in [2.24, 2.45) is 0 Å². The van der Waals surface area contributed by atoms with E-state index in [0.717, 1.165) is 4.31 Å². The molecule has 1 N–H and O–H groups in total. The lowest BCUT2D eigenvalue weighted by Gasteiger charge is -2.43. The summed E-state index contributed by atoms with van der Waals surface area (Å²) < 4.78 is 65.7.